The van der Waals surface area contributed by atoms with E-state index in [0.29, 0.717) is 0 Å². The second-order valence-corrected chi connectivity index (χ2v) is 7.21. The SMILES string of the molecule is OCCn1nnc(C(CC(c2nnn(CCO)n2)c2nnn(CCO)n2)c2nnn(CCO)n2)n1. The summed E-state index contributed by atoms with van der Waals surface area (Å²) in [5, 5.41) is 86.3. The molecule has 20 heteroatoms. The molecule has 0 unspecified atom stereocenters. The normalized spacial score (nSPS) is 11.8. The van der Waals surface area contributed by atoms with Crippen molar-refractivity contribution in [1.82, 2.24) is 80.8 Å². The lowest BCUT2D eigenvalue weighted by Gasteiger charge is -2.14. The van der Waals surface area contributed by atoms with E-state index >= 15 is 0 Å². The van der Waals surface area contributed by atoms with Crippen LogP contribution in [0, 0.1) is 0 Å². The number of hydrogen-bond acceptors (Lipinski definition) is 16. The molecule has 0 bridgehead atoms. The molecule has 4 heterocycles. The van der Waals surface area contributed by atoms with E-state index in [9.17, 15) is 20.4 Å². The predicted molar refractivity (Wildman–Crippen MR) is 108 cm³/mol. The third-order valence-corrected chi connectivity index (χ3v) is 4.79. The van der Waals surface area contributed by atoms with Crippen molar-refractivity contribution in [2.45, 2.75) is 44.4 Å². The van der Waals surface area contributed by atoms with Crippen molar-refractivity contribution in [1.29, 1.82) is 0 Å². The predicted octanol–water partition coefficient (Wildman–Crippen LogP) is -5.04. The minimum Gasteiger partial charge on any atom is -0.394 e. The van der Waals surface area contributed by atoms with Crippen molar-refractivity contribution < 1.29 is 20.4 Å². The molecule has 4 rings (SSSR count). The van der Waals surface area contributed by atoms with Gasteiger partial charge in [-0.1, -0.05) is 0 Å². The van der Waals surface area contributed by atoms with Gasteiger partial charge in [-0.2, -0.15) is 19.2 Å². The Morgan fingerprint density at radius 2 is 0.714 bits per heavy atom. The lowest BCUT2D eigenvalue weighted by molar-refractivity contribution is 0.258. The van der Waals surface area contributed by atoms with E-state index in [1.807, 2.05) is 0 Å². The van der Waals surface area contributed by atoms with Gasteiger partial charge in [0.1, 0.15) is 0 Å². The maximum atomic E-state index is 9.20. The number of aliphatic hydroxyl groups excluding tert-OH is 4. The topological polar surface area (TPSA) is 255 Å². The molecule has 35 heavy (non-hydrogen) atoms. The molecule has 0 fully saturated rings. The van der Waals surface area contributed by atoms with E-state index in [2.05, 4.69) is 61.6 Å². The van der Waals surface area contributed by atoms with E-state index in [1.54, 1.807) is 0 Å². The van der Waals surface area contributed by atoms with E-state index < -0.39 is 11.8 Å². The van der Waals surface area contributed by atoms with Crippen LogP contribution in [0.1, 0.15) is 41.6 Å². The van der Waals surface area contributed by atoms with Crippen LogP contribution in [0.3, 0.4) is 0 Å². The number of tetrazole rings is 4. The van der Waals surface area contributed by atoms with E-state index in [0.717, 1.165) is 0 Å². The zero-order chi connectivity index (χ0) is 24.6. The molecular formula is C15H24N16O4. The van der Waals surface area contributed by atoms with Crippen LogP contribution in [0.2, 0.25) is 0 Å². The summed E-state index contributed by atoms with van der Waals surface area (Å²) in [6.45, 7) is -0.144. The maximum Gasteiger partial charge on any atom is 0.185 e. The second-order valence-electron chi connectivity index (χ2n) is 7.21. The maximum absolute atomic E-state index is 9.20. The van der Waals surface area contributed by atoms with Crippen molar-refractivity contribution in [2.75, 3.05) is 26.4 Å². The van der Waals surface area contributed by atoms with Crippen molar-refractivity contribution in [2.24, 2.45) is 0 Å². The molecule has 188 valence electrons. The molecule has 0 radical (unpaired) electrons. The van der Waals surface area contributed by atoms with Gasteiger partial charge >= 0.3 is 0 Å². The van der Waals surface area contributed by atoms with E-state index in [-0.39, 0.29) is 82.3 Å². The third kappa shape index (κ3) is 5.79. The summed E-state index contributed by atoms with van der Waals surface area (Å²) in [4.78, 5) is 4.95. The minimum atomic E-state index is -0.686. The van der Waals surface area contributed by atoms with Crippen molar-refractivity contribution in [3.63, 3.8) is 0 Å². The summed E-state index contributed by atoms with van der Waals surface area (Å²) in [5.41, 5.74) is 0. The lowest BCUT2D eigenvalue weighted by Crippen LogP contribution is -2.16. The Morgan fingerprint density at radius 3 is 0.943 bits per heavy atom. The number of aliphatic hydroxyl groups is 4. The molecule has 0 saturated carbocycles. The first-order chi connectivity index (χ1) is 17.1. The second kappa shape index (κ2) is 11.5. The highest BCUT2D eigenvalue weighted by molar-refractivity contribution is 5.15. The quantitative estimate of drug-likeness (QED) is 0.128. The molecular weight excluding hydrogens is 468 g/mol. The molecule has 0 atom stereocenters. The van der Waals surface area contributed by atoms with Crippen molar-refractivity contribution in [3.8, 4) is 0 Å². The number of aromatic nitrogens is 16. The van der Waals surface area contributed by atoms with Gasteiger partial charge in [0, 0.05) is 0 Å². The van der Waals surface area contributed by atoms with Crippen molar-refractivity contribution >= 4 is 0 Å². The summed E-state index contributed by atoms with van der Waals surface area (Å²) in [5.74, 6) is -0.381. The summed E-state index contributed by atoms with van der Waals surface area (Å²) < 4.78 is 0. The molecule has 0 aliphatic heterocycles. The summed E-state index contributed by atoms with van der Waals surface area (Å²) in [6.07, 6.45) is 0.158. The van der Waals surface area contributed by atoms with Gasteiger partial charge in [0.25, 0.3) is 0 Å². The molecule has 4 aromatic rings. The van der Waals surface area contributed by atoms with Crippen LogP contribution in [0.25, 0.3) is 0 Å². The number of rotatable bonds is 14. The fourth-order valence-electron chi connectivity index (χ4n) is 3.21. The lowest BCUT2D eigenvalue weighted by atomic mass is 9.92. The van der Waals surface area contributed by atoms with Crippen LogP contribution in [0.15, 0.2) is 0 Å². The molecule has 20 nitrogen and oxygen atoms in total. The van der Waals surface area contributed by atoms with E-state index in [4.69, 9.17) is 0 Å². The van der Waals surface area contributed by atoms with Gasteiger partial charge in [-0.25, -0.2) is 0 Å². The van der Waals surface area contributed by atoms with Gasteiger partial charge in [-0.3, -0.25) is 0 Å². The largest absolute Gasteiger partial charge is 0.394 e. The Balaban J connectivity index is 1.72. The average molecular weight is 492 g/mol. The molecule has 0 spiro atoms. The highest BCUT2D eigenvalue weighted by Gasteiger charge is 2.34. The Bertz CT molecular complexity index is 1010. The fraction of sp³-hybridized carbons (Fsp3) is 0.733. The standard InChI is InChI=1S/C15H24N16O4/c32-5-1-28-20-12(16-24-28)10(13-17-25-29(21-13)2-6-33)9-11(14-18-26-30(22-14)3-7-34)15-19-27-31(23-15)4-8-35/h10-11,32-35H,1-9H2. The summed E-state index contributed by atoms with van der Waals surface area (Å²) in [6, 6.07) is 0. The van der Waals surface area contributed by atoms with Crippen LogP contribution in [-0.2, 0) is 26.2 Å². The molecule has 0 aromatic carbocycles. The van der Waals surface area contributed by atoms with Gasteiger partial charge in [0.2, 0.25) is 0 Å². The van der Waals surface area contributed by atoms with Gasteiger partial charge < -0.3 is 20.4 Å². The first-order valence-electron chi connectivity index (χ1n) is 10.7. The molecule has 0 aliphatic carbocycles. The van der Waals surface area contributed by atoms with Crippen LogP contribution in [0.4, 0.5) is 0 Å². The van der Waals surface area contributed by atoms with E-state index in [1.165, 1.54) is 19.2 Å². The van der Waals surface area contributed by atoms with Crippen LogP contribution in [0.5, 0.6) is 0 Å². The summed E-state index contributed by atoms with van der Waals surface area (Å²) >= 11 is 0. The fourth-order valence-corrected chi connectivity index (χ4v) is 3.21. The van der Waals surface area contributed by atoms with Crippen LogP contribution in [-0.4, -0.2) is 128 Å². The first kappa shape index (κ1) is 24.3. The van der Waals surface area contributed by atoms with Crippen molar-refractivity contribution in [3.05, 3.63) is 23.3 Å². The van der Waals surface area contributed by atoms with Gasteiger partial charge in [0.05, 0.1) is 64.4 Å². The molecule has 0 aliphatic rings. The molecule has 0 saturated heterocycles. The smallest absolute Gasteiger partial charge is 0.185 e. The first-order valence-corrected chi connectivity index (χ1v) is 10.7. The molecule has 4 N–H and O–H groups in total. The highest BCUT2D eigenvalue weighted by atomic mass is 16.3. The Kier molecular flexibility index (Phi) is 7.97. The monoisotopic (exact) mass is 492 g/mol. The Morgan fingerprint density at radius 1 is 0.457 bits per heavy atom. The van der Waals surface area contributed by atoms with Gasteiger partial charge in [-0.05, 0) is 27.3 Å². The number of hydrogen-bond donors (Lipinski definition) is 4. The number of nitrogens with zero attached hydrogens (tertiary/aromatic N) is 16. The highest BCUT2D eigenvalue weighted by Crippen LogP contribution is 2.33. The average Bonchev–Trinajstić information content (AvgIpc) is 3.64. The minimum absolute atomic E-state index is 0.141. The molecule has 4 aromatic heterocycles. The van der Waals surface area contributed by atoms with Gasteiger partial charge in [-0.15, -0.1) is 40.8 Å². The zero-order valence-electron chi connectivity index (χ0n) is 18.5. The Hall–Kier alpha value is -3.88. The Labute approximate surface area is 196 Å². The zero-order valence-corrected chi connectivity index (χ0v) is 18.5. The molecule has 0 amide bonds. The van der Waals surface area contributed by atoms with Crippen LogP contribution < -0.4 is 0 Å². The van der Waals surface area contributed by atoms with Gasteiger partial charge in [0.15, 0.2) is 23.3 Å². The van der Waals surface area contributed by atoms with Crippen LogP contribution >= 0.6 is 0 Å². The summed E-state index contributed by atoms with van der Waals surface area (Å²) in [7, 11) is 0. The third-order valence-electron chi connectivity index (χ3n) is 4.79.